The fraction of sp³-hybridized carbons (Fsp3) is 0.182. The van der Waals surface area contributed by atoms with Crippen molar-refractivity contribution in [1.29, 1.82) is 0 Å². The molecule has 2 aromatic rings. The number of hydrazine groups is 1. The Hall–Kier alpha value is -2.41. The van der Waals surface area contributed by atoms with E-state index in [2.05, 4.69) is 25.6 Å². The van der Waals surface area contributed by atoms with Gasteiger partial charge in [-0.25, -0.2) is 15.2 Å². The molecule has 1 heterocycles. The molecule has 0 aliphatic rings. The van der Waals surface area contributed by atoms with Crippen molar-refractivity contribution in [3.63, 3.8) is 0 Å². The summed E-state index contributed by atoms with van der Waals surface area (Å²) in [6.07, 6.45) is -0.632. The predicted octanol–water partition coefficient (Wildman–Crippen LogP) is 0.284. The van der Waals surface area contributed by atoms with Crippen molar-refractivity contribution in [2.75, 3.05) is 7.11 Å². The summed E-state index contributed by atoms with van der Waals surface area (Å²) >= 11 is 0. The van der Waals surface area contributed by atoms with Crippen molar-refractivity contribution in [3.8, 4) is 0 Å². The molecule has 2 rings (SSSR count). The number of hydrogen-bond acceptors (Lipinski definition) is 5. The minimum Gasteiger partial charge on any atom is -0.452 e. The molecule has 0 bridgehead atoms. The highest BCUT2D eigenvalue weighted by atomic mass is 16.5. The first-order chi connectivity index (χ1) is 8.70. The summed E-state index contributed by atoms with van der Waals surface area (Å²) in [7, 11) is 1.25. The minimum atomic E-state index is -0.632. The van der Waals surface area contributed by atoms with Crippen LogP contribution in [0.15, 0.2) is 29.1 Å². The summed E-state index contributed by atoms with van der Waals surface area (Å²) in [5.74, 6) is 0. The van der Waals surface area contributed by atoms with Gasteiger partial charge in [0.05, 0.1) is 24.7 Å². The van der Waals surface area contributed by atoms with E-state index in [0.717, 1.165) is 0 Å². The highest BCUT2D eigenvalue weighted by Crippen LogP contribution is 2.05. The van der Waals surface area contributed by atoms with Crippen molar-refractivity contribution in [2.24, 2.45) is 0 Å². The molecule has 0 saturated heterocycles. The summed E-state index contributed by atoms with van der Waals surface area (Å²) < 4.78 is 4.37. The van der Waals surface area contributed by atoms with Crippen molar-refractivity contribution < 1.29 is 9.53 Å². The fourth-order valence-electron chi connectivity index (χ4n) is 1.44. The molecule has 1 aromatic heterocycles. The van der Waals surface area contributed by atoms with Crippen LogP contribution in [0.25, 0.3) is 11.0 Å². The first kappa shape index (κ1) is 12.1. The van der Waals surface area contributed by atoms with Crippen LogP contribution < -0.4 is 16.4 Å². The molecule has 1 aromatic carbocycles. The van der Waals surface area contributed by atoms with Gasteiger partial charge in [-0.05, 0) is 12.1 Å². The van der Waals surface area contributed by atoms with Gasteiger partial charge in [0.2, 0.25) is 0 Å². The number of hydrogen-bond donors (Lipinski definition) is 3. The third-order valence-electron chi connectivity index (χ3n) is 2.30. The lowest BCUT2D eigenvalue weighted by molar-refractivity contribution is 0.165. The Kier molecular flexibility index (Phi) is 3.54. The standard InChI is InChI=1S/C11H12N4O3/c1-18-11(17)15-12-6-9-10(16)14-8-5-3-2-4-7(8)13-9/h2-5,12H,6H2,1H3,(H,14,16)(H,15,17). The highest BCUT2D eigenvalue weighted by molar-refractivity contribution is 5.73. The maximum atomic E-state index is 11.7. The molecule has 0 radical (unpaired) electrons. The molecule has 94 valence electrons. The predicted molar refractivity (Wildman–Crippen MR) is 64.7 cm³/mol. The number of rotatable bonds is 3. The molecule has 3 N–H and O–H groups in total. The number of nitrogens with one attached hydrogen (secondary N) is 3. The summed E-state index contributed by atoms with van der Waals surface area (Å²) in [5.41, 5.74) is 6.15. The molecule has 1 amide bonds. The van der Waals surface area contributed by atoms with E-state index >= 15 is 0 Å². The molecule has 18 heavy (non-hydrogen) atoms. The lowest BCUT2D eigenvalue weighted by Gasteiger charge is -2.05. The Labute approximate surface area is 102 Å². The average molecular weight is 248 g/mol. The van der Waals surface area contributed by atoms with E-state index in [1.807, 2.05) is 12.1 Å². The number of aromatic amines is 1. The first-order valence-electron chi connectivity index (χ1n) is 5.25. The van der Waals surface area contributed by atoms with E-state index in [-0.39, 0.29) is 17.8 Å². The molecule has 0 fully saturated rings. The fourth-order valence-corrected chi connectivity index (χ4v) is 1.44. The summed E-state index contributed by atoms with van der Waals surface area (Å²) in [6, 6.07) is 7.21. The Morgan fingerprint density at radius 1 is 1.44 bits per heavy atom. The molecule has 0 aliphatic heterocycles. The molecule has 0 saturated carbocycles. The molecule has 0 aliphatic carbocycles. The largest absolute Gasteiger partial charge is 0.452 e. The number of H-pyrrole nitrogens is 1. The molecular weight excluding hydrogens is 236 g/mol. The third-order valence-corrected chi connectivity index (χ3v) is 2.30. The van der Waals surface area contributed by atoms with E-state index in [0.29, 0.717) is 11.0 Å². The molecular formula is C11H12N4O3. The van der Waals surface area contributed by atoms with Gasteiger partial charge < -0.3 is 9.72 Å². The Balaban J connectivity index is 2.15. The number of nitrogens with zero attached hydrogens (tertiary/aromatic N) is 1. The van der Waals surface area contributed by atoms with Crippen LogP contribution in [0.2, 0.25) is 0 Å². The van der Waals surface area contributed by atoms with E-state index < -0.39 is 6.09 Å². The number of carbonyl (C=O) groups excluding carboxylic acids is 1. The van der Waals surface area contributed by atoms with Crippen LogP contribution in [0, 0.1) is 0 Å². The zero-order valence-corrected chi connectivity index (χ0v) is 9.69. The second-order valence-corrected chi connectivity index (χ2v) is 3.50. The number of para-hydroxylation sites is 2. The normalized spacial score (nSPS) is 10.3. The summed E-state index contributed by atoms with van der Waals surface area (Å²) in [5, 5.41) is 0. The van der Waals surface area contributed by atoms with Gasteiger partial charge in [0, 0.05) is 0 Å². The number of fused-ring (bicyclic) bond motifs is 1. The third kappa shape index (κ3) is 2.64. The van der Waals surface area contributed by atoms with Gasteiger partial charge in [-0.15, -0.1) is 0 Å². The SMILES string of the molecule is COC(=O)NNCc1nc2ccccc2[nH]c1=O. The first-order valence-corrected chi connectivity index (χ1v) is 5.25. The quantitative estimate of drug-likeness (QED) is 0.678. The van der Waals surface area contributed by atoms with Gasteiger partial charge in [0.25, 0.3) is 5.56 Å². The van der Waals surface area contributed by atoms with Crippen LogP contribution in [0.4, 0.5) is 4.79 Å². The monoisotopic (exact) mass is 248 g/mol. The Morgan fingerprint density at radius 2 is 2.22 bits per heavy atom. The number of methoxy groups -OCH3 is 1. The topological polar surface area (TPSA) is 96.1 Å². The van der Waals surface area contributed by atoms with Gasteiger partial charge in [-0.2, -0.15) is 0 Å². The van der Waals surface area contributed by atoms with Crippen molar-refractivity contribution in [1.82, 2.24) is 20.8 Å². The van der Waals surface area contributed by atoms with Crippen LogP contribution in [-0.4, -0.2) is 23.2 Å². The second-order valence-electron chi connectivity index (χ2n) is 3.50. The minimum absolute atomic E-state index is 0.106. The zero-order valence-electron chi connectivity index (χ0n) is 9.69. The van der Waals surface area contributed by atoms with Gasteiger partial charge in [0.1, 0.15) is 5.69 Å². The second kappa shape index (κ2) is 5.28. The van der Waals surface area contributed by atoms with Gasteiger partial charge in [-0.3, -0.25) is 10.2 Å². The van der Waals surface area contributed by atoms with Crippen molar-refractivity contribution in [2.45, 2.75) is 6.54 Å². The molecule has 7 nitrogen and oxygen atoms in total. The number of amides is 1. The maximum absolute atomic E-state index is 11.7. The van der Waals surface area contributed by atoms with Crippen molar-refractivity contribution in [3.05, 3.63) is 40.3 Å². The Morgan fingerprint density at radius 3 is 3.00 bits per heavy atom. The molecule has 0 spiro atoms. The van der Waals surface area contributed by atoms with Crippen LogP contribution in [-0.2, 0) is 11.3 Å². The lowest BCUT2D eigenvalue weighted by Crippen LogP contribution is -2.38. The van der Waals surface area contributed by atoms with Crippen LogP contribution in [0.5, 0.6) is 0 Å². The molecule has 7 heteroatoms. The average Bonchev–Trinajstić information content (AvgIpc) is 2.39. The van der Waals surface area contributed by atoms with Gasteiger partial charge in [-0.1, -0.05) is 12.1 Å². The van der Waals surface area contributed by atoms with E-state index in [9.17, 15) is 9.59 Å². The number of benzene rings is 1. The van der Waals surface area contributed by atoms with Gasteiger partial charge >= 0.3 is 6.09 Å². The van der Waals surface area contributed by atoms with Gasteiger partial charge in [0.15, 0.2) is 0 Å². The van der Waals surface area contributed by atoms with E-state index in [1.165, 1.54) is 7.11 Å². The van der Waals surface area contributed by atoms with E-state index in [4.69, 9.17) is 0 Å². The summed E-state index contributed by atoms with van der Waals surface area (Å²) in [6.45, 7) is 0.106. The summed E-state index contributed by atoms with van der Waals surface area (Å²) in [4.78, 5) is 29.4. The smallest absolute Gasteiger partial charge is 0.421 e. The van der Waals surface area contributed by atoms with Crippen LogP contribution in [0.3, 0.4) is 0 Å². The van der Waals surface area contributed by atoms with Crippen LogP contribution >= 0.6 is 0 Å². The number of carbonyl (C=O) groups is 1. The van der Waals surface area contributed by atoms with Crippen LogP contribution in [0.1, 0.15) is 5.69 Å². The van der Waals surface area contributed by atoms with E-state index in [1.54, 1.807) is 12.1 Å². The molecule has 0 atom stereocenters. The van der Waals surface area contributed by atoms with Crippen molar-refractivity contribution >= 4 is 17.1 Å². The lowest BCUT2D eigenvalue weighted by atomic mass is 10.3. The number of aromatic nitrogens is 2. The maximum Gasteiger partial charge on any atom is 0.421 e. The Bertz CT molecular complexity index is 623. The highest BCUT2D eigenvalue weighted by Gasteiger charge is 2.04. The molecule has 0 unspecified atom stereocenters. The zero-order chi connectivity index (χ0) is 13.0. The number of ether oxygens (including phenoxy) is 1.